The quantitative estimate of drug-likeness (QED) is 0.0713. The Morgan fingerprint density at radius 3 is 2.00 bits per heavy atom. The van der Waals surface area contributed by atoms with E-state index < -0.39 is 0 Å². The summed E-state index contributed by atoms with van der Waals surface area (Å²) >= 11 is 1.17. The van der Waals surface area contributed by atoms with Crippen molar-refractivity contribution in [2.75, 3.05) is 70.9 Å². The van der Waals surface area contributed by atoms with Crippen molar-refractivity contribution in [3.8, 4) is 12.1 Å². The van der Waals surface area contributed by atoms with Crippen molar-refractivity contribution in [3.05, 3.63) is 75.2 Å². The molecule has 2 aromatic carbocycles. The molecule has 0 amide bonds. The molecule has 3 rings (SSSR count). The number of carbonyl (C=O) groups excluding carboxylic acids is 1. The molecule has 0 aliphatic heterocycles. The summed E-state index contributed by atoms with van der Waals surface area (Å²) in [6.45, 7) is 14.3. The molecule has 0 aliphatic rings. The molecule has 0 saturated heterocycles. The van der Waals surface area contributed by atoms with Crippen LogP contribution in [0.15, 0.2) is 52.7 Å². The second kappa shape index (κ2) is 20.1. The van der Waals surface area contributed by atoms with Crippen molar-refractivity contribution in [2.24, 2.45) is 10.2 Å². The van der Waals surface area contributed by atoms with Crippen LogP contribution in [0.5, 0.6) is 0 Å². The van der Waals surface area contributed by atoms with E-state index in [0.717, 1.165) is 16.8 Å². The van der Waals surface area contributed by atoms with Crippen LogP contribution in [-0.2, 0) is 23.7 Å². The third kappa shape index (κ3) is 11.9. The van der Waals surface area contributed by atoms with Gasteiger partial charge in [-0.1, -0.05) is 18.2 Å². The number of hydrogen-bond acceptors (Lipinski definition) is 12. The van der Waals surface area contributed by atoms with Crippen molar-refractivity contribution in [2.45, 2.75) is 40.7 Å². The maximum absolute atomic E-state index is 12.1. The molecule has 0 aliphatic carbocycles. The number of nitrogens with zero attached hydrogens (tertiary/aromatic N) is 5. The van der Waals surface area contributed by atoms with Gasteiger partial charge in [-0.2, -0.15) is 10.5 Å². The SMILES string of the molecule is Cc1cc(N(CCOCCOCCOCCOCCOC(=O)c2ccccc2C)C(C)C)ccc1N=Nc1sc(C#N)c(C)c1C#N. The smallest absolute Gasteiger partial charge is 0.338 e. The fourth-order valence-electron chi connectivity index (χ4n) is 4.52. The first-order valence-corrected chi connectivity index (χ1v) is 16.3. The molecule has 3 aromatic rings. The van der Waals surface area contributed by atoms with E-state index in [0.29, 0.717) is 91.7 Å². The number of ether oxygens (including phenoxy) is 5. The number of aryl methyl sites for hydroxylation is 2. The third-order valence-electron chi connectivity index (χ3n) is 7.14. The summed E-state index contributed by atoms with van der Waals surface area (Å²) in [5, 5.41) is 27.8. The van der Waals surface area contributed by atoms with Gasteiger partial charge in [-0.15, -0.1) is 21.6 Å². The normalized spacial score (nSPS) is 11.1. The maximum atomic E-state index is 12.1. The van der Waals surface area contributed by atoms with Gasteiger partial charge in [0.2, 0.25) is 0 Å². The van der Waals surface area contributed by atoms with E-state index in [1.54, 1.807) is 13.0 Å². The lowest BCUT2D eigenvalue weighted by Crippen LogP contribution is -2.34. The fourth-order valence-corrected chi connectivity index (χ4v) is 5.40. The Kier molecular flexibility index (Phi) is 16.0. The van der Waals surface area contributed by atoms with Crippen LogP contribution in [0.1, 0.15) is 51.3 Å². The molecule has 0 unspecified atom stereocenters. The number of carbonyl (C=O) groups is 1. The van der Waals surface area contributed by atoms with Gasteiger partial charge in [0, 0.05) is 18.3 Å². The summed E-state index contributed by atoms with van der Waals surface area (Å²) in [7, 11) is 0. The number of rotatable bonds is 20. The minimum atomic E-state index is -0.345. The standard InChI is InChI=1S/C35H43N5O6S/c1-25(2)40(29-10-11-32(27(4)22-29)38-39-34-31(23-36)28(5)33(24-37)47-34)12-13-42-14-15-43-16-17-44-18-19-45-20-21-46-35(41)30-9-7-6-8-26(30)3/h6-11,22,25H,12-21H2,1-5H3. The van der Waals surface area contributed by atoms with E-state index in [4.69, 9.17) is 23.7 Å². The van der Waals surface area contributed by atoms with Crippen LogP contribution < -0.4 is 4.90 Å². The minimum absolute atomic E-state index is 0.192. The molecule has 47 heavy (non-hydrogen) atoms. The number of esters is 1. The van der Waals surface area contributed by atoms with Gasteiger partial charge in [0.25, 0.3) is 0 Å². The molecule has 1 heterocycles. The topological polar surface area (TPSA) is 139 Å². The second-order valence-corrected chi connectivity index (χ2v) is 11.8. The van der Waals surface area contributed by atoms with Crippen molar-refractivity contribution < 1.29 is 28.5 Å². The molecule has 0 N–H and O–H groups in total. The number of hydrogen-bond donors (Lipinski definition) is 0. The summed E-state index contributed by atoms with van der Waals surface area (Å²) in [5.41, 5.74) is 5.19. The van der Waals surface area contributed by atoms with Crippen LogP contribution in [-0.4, -0.2) is 78.0 Å². The van der Waals surface area contributed by atoms with Crippen molar-refractivity contribution >= 4 is 33.7 Å². The number of nitriles is 2. The highest BCUT2D eigenvalue weighted by Crippen LogP contribution is 2.36. The molecule has 0 radical (unpaired) electrons. The van der Waals surface area contributed by atoms with E-state index in [1.165, 1.54) is 11.3 Å². The Morgan fingerprint density at radius 2 is 1.43 bits per heavy atom. The zero-order valence-electron chi connectivity index (χ0n) is 27.8. The van der Waals surface area contributed by atoms with Crippen LogP contribution in [0.4, 0.5) is 16.4 Å². The van der Waals surface area contributed by atoms with E-state index in [9.17, 15) is 15.3 Å². The van der Waals surface area contributed by atoms with Gasteiger partial charge in [0.15, 0.2) is 5.00 Å². The zero-order valence-corrected chi connectivity index (χ0v) is 28.6. The highest BCUT2D eigenvalue weighted by atomic mass is 32.1. The Balaban J connectivity index is 1.26. The molecular formula is C35H43N5O6S. The molecule has 250 valence electrons. The molecule has 12 heteroatoms. The molecule has 0 spiro atoms. The largest absolute Gasteiger partial charge is 0.460 e. The van der Waals surface area contributed by atoms with Gasteiger partial charge in [-0.25, -0.2) is 4.79 Å². The number of benzene rings is 2. The lowest BCUT2D eigenvalue weighted by Gasteiger charge is -2.29. The van der Waals surface area contributed by atoms with Crippen LogP contribution >= 0.6 is 11.3 Å². The van der Waals surface area contributed by atoms with Gasteiger partial charge in [-0.05, 0) is 75.6 Å². The van der Waals surface area contributed by atoms with Crippen molar-refractivity contribution in [1.82, 2.24) is 0 Å². The van der Waals surface area contributed by atoms with Gasteiger partial charge >= 0.3 is 5.97 Å². The first-order chi connectivity index (χ1) is 22.8. The van der Waals surface area contributed by atoms with Crippen LogP contribution in [0.2, 0.25) is 0 Å². The molecule has 11 nitrogen and oxygen atoms in total. The lowest BCUT2D eigenvalue weighted by atomic mass is 10.1. The van der Waals surface area contributed by atoms with Crippen molar-refractivity contribution in [1.29, 1.82) is 10.5 Å². The zero-order chi connectivity index (χ0) is 34.0. The Bertz CT molecular complexity index is 1560. The first kappa shape index (κ1) is 37.3. The van der Waals surface area contributed by atoms with E-state index in [1.807, 2.05) is 44.2 Å². The Hall–Kier alpha value is -4.17. The molecule has 0 bridgehead atoms. The average molecular weight is 662 g/mol. The van der Waals surface area contributed by atoms with E-state index >= 15 is 0 Å². The average Bonchev–Trinajstić information content (AvgIpc) is 3.37. The predicted octanol–water partition coefficient (Wildman–Crippen LogP) is 6.97. The number of anilines is 1. The number of azo groups is 1. The van der Waals surface area contributed by atoms with E-state index in [-0.39, 0.29) is 18.6 Å². The summed E-state index contributed by atoms with van der Waals surface area (Å²) in [5.74, 6) is -0.345. The molecule has 0 saturated carbocycles. The van der Waals surface area contributed by atoms with Gasteiger partial charge in [0.05, 0.1) is 69.7 Å². The number of thiophene rings is 1. The third-order valence-corrected chi connectivity index (χ3v) is 8.22. The summed E-state index contributed by atoms with van der Waals surface area (Å²) in [6.07, 6.45) is 0. The highest BCUT2D eigenvalue weighted by molar-refractivity contribution is 7.16. The Labute approximate surface area is 281 Å². The summed E-state index contributed by atoms with van der Waals surface area (Å²) in [4.78, 5) is 14.8. The predicted molar refractivity (Wildman–Crippen MR) is 181 cm³/mol. The Morgan fingerprint density at radius 1 is 0.809 bits per heavy atom. The lowest BCUT2D eigenvalue weighted by molar-refractivity contribution is -0.00850. The fraction of sp³-hybridized carbons (Fsp3) is 0.457. The van der Waals surface area contributed by atoms with Crippen LogP contribution in [0.25, 0.3) is 0 Å². The molecule has 1 aromatic heterocycles. The van der Waals surface area contributed by atoms with Crippen LogP contribution in [0.3, 0.4) is 0 Å². The van der Waals surface area contributed by atoms with Gasteiger partial charge in [-0.3, -0.25) is 0 Å². The molecule has 0 atom stereocenters. The first-order valence-electron chi connectivity index (χ1n) is 15.5. The van der Waals surface area contributed by atoms with Crippen molar-refractivity contribution in [3.63, 3.8) is 0 Å². The summed E-state index contributed by atoms with van der Waals surface area (Å²) < 4.78 is 27.6. The monoisotopic (exact) mass is 661 g/mol. The highest BCUT2D eigenvalue weighted by Gasteiger charge is 2.15. The maximum Gasteiger partial charge on any atom is 0.338 e. The molecular weight excluding hydrogens is 618 g/mol. The van der Waals surface area contributed by atoms with Gasteiger partial charge in [0.1, 0.15) is 23.6 Å². The van der Waals surface area contributed by atoms with Crippen LogP contribution in [0, 0.1) is 43.4 Å². The summed E-state index contributed by atoms with van der Waals surface area (Å²) in [6, 6.07) is 17.8. The second-order valence-electron chi connectivity index (χ2n) is 10.8. The van der Waals surface area contributed by atoms with Gasteiger partial charge < -0.3 is 28.6 Å². The van der Waals surface area contributed by atoms with E-state index in [2.05, 4.69) is 47.2 Å². The minimum Gasteiger partial charge on any atom is -0.460 e. The molecule has 0 fully saturated rings.